The maximum atomic E-state index is 12.5. The van der Waals surface area contributed by atoms with Crippen molar-refractivity contribution in [3.63, 3.8) is 0 Å². The third-order valence-corrected chi connectivity index (χ3v) is 7.88. The first kappa shape index (κ1) is 40.2. The lowest BCUT2D eigenvalue weighted by Gasteiger charge is -2.18. The topological polar surface area (TPSA) is 63.6 Å². The molecule has 0 amide bonds. The molecule has 0 aliphatic rings. The lowest BCUT2D eigenvalue weighted by Crippen LogP contribution is -2.18. The summed E-state index contributed by atoms with van der Waals surface area (Å²) in [7, 11) is 0. The predicted molar refractivity (Wildman–Crippen MR) is 181 cm³/mol. The van der Waals surface area contributed by atoms with Crippen LogP contribution in [0, 0.1) is 0 Å². The van der Waals surface area contributed by atoms with E-state index in [9.17, 15) is 9.59 Å². The zero-order chi connectivity index (χ0) is 30.8. The van der Waals surface area contributed by atoms with Crippen molar-refractivity contribution >= 4 is 11.9 Å². The average Bonchev–Trinajstić information content (AvgIpc) is 2.97. The molecule has 0 aliphatic heterocycles. The number of hydrogen-bond acceptors (Lipinski definition) is 3. The maximum absolute atomic E-state index is 12.5. The van der Waals surface area contributed by atoms with E-state index in [4.69, 9.17) is 9.84 Å². The molecule has 0 spiro atoms. The number of rotatable bonds is 32. The molecule has 1 unspecified atom stereocenters. The highest BCUT2D eigenvalue weighted by atomic mass is 16.5. The van der Waals surface area contributed by atoms with Crippen molar-refractivity contribution in [2.45, 2.75) is 193 Å². The van der Waals surface area contributed by atoms with Gasteiger partial charge < -0.3 is 9.84 Å². The van der Waals surface area contributed by atoms with Crippen molar-refractivity contribution in [2.75, 3.05) is 0 Å². The van der Waals surface area contributed by atoms with Crippen LogP contribution in [-0.4, -0.2) is 23.1 Å². The van der Waals surface area contributed by atoms with Gasteiger partial charge >= 0.3 is 11.9 Å². The number of hydrogen-bond donors (Lipinski definition) is 1. The van der Waals surface area contributed by atoms with E-state index in [0.29, 0.717) is 19.3 Å². The van der Waals surface area contributed by atoms with Gasteiger partial charge in [-0.2, -0.15) is 0 Å². The molecule has 42 heavy (non-hydrogen) atoms. The van der Waals surface area contributed by atoms with E-state index in [2.05, 4.69) is 50.3 Å². The van der Waals surface area contributed by atoms with E-state index in [0.717, 1.165) is 57.8 Å². The molecule has 0 saturated heterocycles. The molecule has 0 rings (SSSR count). The molecule has 4 nitrogen and oxygen atoms in total. The molecule has 0 radical (unpaired) electrons. The summed E-state index contributed by atoms with van der Waals surface area (Å²) in [6.45, 7) is 4.42. The van der Waals surface area contributed by atoms with Crippen molar-refractivity contribution in [1.29, 1.82) is 0 Å². The number of esters is 1. The van der Waals surface area contributed by atoms with Gasteiger partial charge in [0, 0.05) is 12.8 Å². The molecule has 0 aromatic carbocycles. The summed E-state index contributed by atoms with van der Waals surface area (Å²) in [5.41, 5.74) is 0. The molecule has 0 heterocycles. The Morgan fingerprint density at radius 1 is 0.548 bits per heavy atom. The van der Waals surface area contributed by atoms with Crippen LogP contribution < -0.4 is 0 Å². The van der Waals surface area contributed by atoms with Gasteiger partial charge in [-0.25, -0.2) is 0 Å². The van der Waals surface area contributed by atoms with Crippen LogP contribution in [0.1, 0.15) is 187 Å². The summed E-state index contributed by atoms with van der Waals surface area (Å²) >= 11 is 0. The summed E-state index contributed by atoms with van der Waals surface area (Å²) in [5, 5.41) is 8.99. The first-order valence-electron chi connectivity index (χ1n) is 18.0. The van der Waals surface area contributed by atoms with Crippen LogP contribution in [0.4, 0.5) is 0 Å². The highest BCUT2D eigenvalue weighted by Crippen LogP contribution is 2.18. The molecule has 1 atom stereocenters. The molecular formula is C38H68O4. The Balaban J connectivity index is 3.88. The lowest BCUT2D eigenvalue weighted by molar-refractivity contribution is -0.150. The summed E-state index contributed by atoms with van der Waals surface area (Å²) in [4.78, 5) is 23.4. The average molecular weight is 589 g/mol. The summed E-state index contributed by atoms with van der Waals surface area (Å²) in [6, 6.07) is 0. The van der Waals surface area contributed by atoms with Crippen LogP contribution in [0.3, 0.4) is 0 Å². The van der Waals surface area contributed by atoms with Gasteiger partial charge in [-0.3, -0.25) is 9.59 Å². The number of carboxylic acid groups (broad SMARTS) is 1. The minimum atomic E-state index is -0.774. The quantitative estimate of drug-likeness (QED) is 0.0482. The smallest absolute Gasteiger partial charge is 0.306 e. The number of carboxylic acids is 1. The zero-order valence-corrected chi connectivity index (χ0v) is 27.8. The fourth-order valence-electron chi connectivity index (χ4n) is 5.27. The molecule has 0 aromatic heterocycles. The fourth-order valence-corrected chi connectivity index (χ4v) is 5.27. The number of unbranched alkanes of at least 4 members (excludes halogenated alkanes) is 17. The molecular weight excluding hydrogens is 520 g/mol. The van der Waals surface area contributed by atoms with Gasteiger partial charge in [0.1, 0.15) is 6.10 Å². The minimum absolute atomic E-state index is 0.105. The Bertz CT molecular complexity index is 679. The van der Waals surface area contributed by atoms with Crippen molar-refractivity contribution in [3.05, 3.63) is 36.5 Å². The zero-order valence-electron chi connectivity index (χ0n) is 27.8. The molecule has 1 N–H and O–H groups in total. The van der Waals surface area contributed by atoms with E-state index in [1.807, 2.05) is 0 Å². The van der Waals surface area contributed by atoms with E-state index < -0.39 is 5.97 Å². The largest absolute Gasteiger partial charge is 0.481 e. The van der Waals surface area contributed by atoms with Gasteiger partial charge in [0.15, 0.2) is 0 Å². The highest BCUT2D eigenvalue weighted by Gasteiger charge is 2.15. The predicted octanol–water partition coefficient (Wildman–Crippen LogP) is 12.2. The monoisotopic (exact) mass is 589 g/mol. The summed E-state index contributed by atoms with van der Waals surface area (Å²) < 4.78 is 5.81. The summed E-state index contributed by atoms with van der Waals surface area (Å²) in [6.07, 6.45) is 42.9. The second kappa shape index (κ2) is 33.7. The Kier molecular flexibility index (Phi) is 32.2. The number of ether oxygens (including phenoxy) is 1. The molecule has 0 saturated carbocycles. The maximum Gasteiger partial charge on any atom is 0.306 e. The molecule has 244 valence electrons. The number of aliphatic carboxylic acids is 1. The van der Waals surface area contributed by atoms with Crippen molar-refractivity contribution in [3.8, 4) is 0 Å². The molecule has 0 aromatic rings. The first-order chi connectivity index (χ1) is 20.6. The van der Waals surface area contributed by atoms with Gasteiger partial charge in [-0.05, 0) is 64.2 Å². The Labute approximate surface area is 260 Å². The van der Waals surface area contributed by atoms with Crippen LogP contribution >= 0.6 is 0 Å². The second-order valence-electron chi connectivity index (χ2n) is 12.0. The highest BCUT2D eigenvalue weighted by molar-refractivity contribution is 5.69. The standard InChI is InChI=1S/C38H68O4/c1-3-5-7-9-11-13-15-17-18-20-22-24-26-28-30-35-38(41)42-36(33-31-34-37(39)40)32-29-27-25-23-21-19-16-14-12-10-8-6-4-2/h5,7,11,13,17-18,36H,3-4,6,8-10,12,14-16,19-35H2,1-2H3,(H,39,40)/b7-5-,13-11-,18-17-. The van der Waals surface area contributed by atoms with E-state index in [-0.39, 0.29) is 18.5 Å². The summed E-state index contributed by atoms with van der Waals surface area (Å²) in [5.74, 6) is -0.880. The third-order valence-electron chi connectivity index (χ3n) is 7.88. The number of carbonyl (C=O) groups is 2. The lowest BCUT2D eigenvalue weighted by atomic mass is 10.0. The third kappa shape index (κ3) is 32.7. The minimum Gasteiger partial charge on any atom is -0.481 e. The van der Waals surface area contributed by atoms with Gasteiger partial charge in [0.2, 0.25) is 0 Å². The molecule has 4 heteroatoms. The fraction of sp³-hybridized carbons (Fsp3) is 0.789. The molecule has 0 bridgehead atoms. The first-order valence-corrected chi connectivity index (χ1v) is 18.0. The van der Waals surface area contributed by atoms with Crippen LogP contribution in [0.15, 0.2) is 36.5 Å². The van der Waals surface area contributed by atoms with Gasteiger partial charge in [-0.1, -0.05) is 147 Å². The van der Waals surface area contributed by atoms with Gasteiger partial charge in [-0.15, -0.1) is 0 Å². The Morgan fingerprint density at radius 2 is 1.02 bits per heavy atom. The van der Waals surface area contributed by atoms with Crippen molar-refractivity contribution < 1.29 is 19.4 Å². The molecule has 0 fully saturated rings. The Morgan fingerprint density at radius 3 is 1.60 bits per heavy atom. The number of allylic oxidation sites excluding steroid dienone is 6. The van der Waals surface area contributed by atoms with E-state index in [1.165, 1.54) is 89.9 Å². The Hall–Kier alpha value is -1.84. The van der Waals surface area contributed by atoms with Crippen molar-refractivity contribution in [1.82, 2.24) is 0 Å². The van der Waals surface area contributed by atoms with E-state index in [1.54, 1.807) is 0 Å². The van der Waals surface area contributed by atoms with Crippen molar-refractivity contribution in [2.24, 2.45) is 0 Å². The van der Waals surface area contributed by atoms with Crippen LogP contribution in [0.25, 0.3) is 0 Å². The van der Waals surface area contributed by atoms with Crippen LogP contribution in [0.2, 0.25) is 0 Å². The van der Waals surface area contributed by atoms with Crippen LogP contribution in [0.5, 0.6) is 0 Å². The van der Waals surface area contributed by atoms with E-state index >= 15 is 0 Å². The van der Waals surface area contributed by atoms with Gasteiger partial charge in [0.05, 0.1) is 0 Å². The SMILES string of the molecule is CC/C=C\C/C=C\C/C=C\CCCCCCCC(=O)OC(CCCCCCCCCCCCCCC)CCCC(=O)O. The van der Waals surface area contributed by atoms with Gasteiger partial charge in [0.25, 0.3) is 0 Å². The second-order valence-corrected chi connectivity index (χ2v) is 12.0. The normalized spacial score (nSPS) is 12.6. The number of carbonyl (C=O) groups excluding carboxylic acids is 1. The van der Waals surface area contributed by atoms with Crippen LogP contribution in [-0.2, 0) is 14.3 Å². The molecule has 0 aliphatic carbocycles.